The van der Waals surface area contributed by atoms with Gasteiger partial charge in [0.1, 0.15) is 5.75 Å². The minimum Gasteiger partial charge on any atom is -0.422 e. The lowest BCUT2D eigenvalue weighted by Gasteiger charge is -2.12. The molecule has 1 aliphatic rings. The maximum Gasteiger partial charge on any atom is 0.345 e. The molecular weight excluding hydrogens is 641 g/mol. The molecule has 3 aromatic rings. The Bertz CT molecular complexity index is 962. The predicted molar refractivity (Wildman–Crippen MR) is 121 cm³/mol. The quantitative estimate of drug-likeness (QED) is 0.194. The number of aryl methyl sites for hydroxylation is 2. The van der Waals surface area contributed by atoms with E-state index in [4.69, 9.17) is 4.74 Å². The van der Waals surface area contributed by atoms with Gasteiger partial charge in [0.2, 0.25) is 0 Å². The molecule has 0 amide bonds. The number of benzene rings is 3. The van der Waals surface area contributed by atoms with Crippen molar-refractivity contribution in [3.8, 4) is 5.75 Å². The van der Waals surface area contributed by atoms with Crippen molar-refractivity contribution in [2.75, 3.05) is 0 Å². The van der Waals surface area contributed by atoms with Crippen LogP contribution in [0.25, 0.3) is 10.8 Å². The second-order valence-electron chi connectivity index (χ2n) is 5.70. The van der Waals surface area contributed by atoms with Crippen LogP contribution in [0, 0.1) is 10.7 Å². The van der Waals surface area contributed by atoms with E-state index in [0.717, 1.165) is 28.9 Å². The highest BCUT2D eigenvalue weighted by atomic mass is 127. The molecule has 1 aliphatic carbocycles. The smallest absolute Gasteiger partial charge is 0.345 e. The molecule has 0 aromatic heterocycles. The van der Waals surface area contributed by atoms with Crippen LogP contribution in [0.15, 0.2) is 42.5 Å². The first kappa shape index (κ1) is 17.0. The largest absolute Gasteiger partial charge is 0.422 e. The fourth-order valence-electron chi connectivity index (χ4n) is 3.20. The Morgan fingerprint density at radius 2 is 1.58 bits per heavy atom. The molecule has 0 atom stereocenters. The lowest BCUT2D eigenvalue weighted by Crippen LogP contribution is -2.13. The van der Waals surface area contributed by atoms with Gasteiger partial charge in [-0.15, -0.1) is 0 Å². The molecule has 2 nitrogen and oxygen atoms in total. The molecule has 0 aliphatic heterocycles. The third-order valence-corrected chi connectivity index (χ3v) is 6.57. The zero-order valence-electron chi connectivity index (χ0n) is 12.4. The van der Waals surface area contributed by atoms with Gasteiger partial charge in [0.25, 0.3) is 0 Å². The number of esters is 1. The van der Waals surface area contributed by atoms with E-state index in [9.17, 15) is 4.79 Å². The van der Waals surface area contributed by atoms with E-state index in [1.165, 1.54) is 16.5 Å². The van der Waals surface area contributed by atoms with Gasteiger partial charge in [-0.3, -0.25) is 0 Å². The average molecular weight is 652 g/mol. The monoisotopic (exact) mass is 652 g/mol. The van der Waals surface area contributed by atoms with Crippen LogP contribution < -0.4 is 4.74 Å². The molecule has 4 rings (SSSR count). The van der Waals surface area contributed by atoms with Crippen LogP contribution in [-0.2, 0) is 12.8 Å². The molecule has 0 heterocycles. The Balaban J connectivity index is 1.77. The zero-order chi connectivity index (χ0) is 16.8. The number of hydrogen-bond donors (Lipinski definition) is 0. The first-order valence-electron chi connectivity index (χ1n) is 7.45. The fourth-order valence-corrected chi connectivity index (χ4v) is 7.22. The van der Waals surface area contributed by atoms with E-state index in [0.29, 0.717) is 11.3 Å². The maximum atomic E-state index is 12.8. The van der Waals surface area contributed by atoms with Crippen molar-refractivity contribution in [3.63, 3.8) is 0 Å². The van der Waals surface area contributed by atoms with Gasteiger partial charge in [0.05, 0.1) is 5.56 Å². The van der Waals surface area contributed by atoms with Crippen molar-refractivity contribution in [2.45, 2.75) is 12.8 Å². The van der Waals surface area contributed by atoms with Crippen LogP contribution in [0.3, 0.4) is 0 Å². The van der Waals surface area contributed by atoms with Gasteiger partial charge in [-0.2, -0.15) is 0 Å². The summed E-state index contributed by atoms with van der Waals surface area (Å²) in [4.78, 5) is 12.8. The summed E-state index contributed by atoms with van der Waals surface area (Å²) in [6.07, 6.45) is 2.13. The Morgan fingerprint density at radius 3 is 2.29 bits per heavy atom. The zero-order valence-corrected chi connectivity index (χ0v) is 18.9. The van der Waals surface area contributed by atoms with E-state index in [1.54, 1.807) is 0 Å². The first-order chi connectivity index (χ1) is 11.5. The molecule has 0 spiro atoms. The number of hydrogen-bond acceptors (Lipinski definition) is 2. The lowest BCUT2D eigenvalue weighted by atomic mass is 10.0. The molecule has 120 valence electrons. The standard InChI is InChI=1S/C19H11I3O2/c20-12-8-14(21)18(15(22)9-12)19(23)24-16-7-6-11-5-4-10-2-1-3-13(16)17(10)11/h1-3,6-9H,4-5H2. The fraction of sp³-hybridized carbons (Fsp3) is 0.105. The number of rotatable bonds is 2. The Morgan fingerprint density at radius 1 is 0.917 bits per heavy atom. The highest BCUT2D eigenvalue weighted by molar-refractivity contribution is 14.1. The second kappa shape index (κ2) is 6.71. The van der Waals surface area contributed by atoms with E-state index in [2.05, 4.69) is 79.9 Å². The first-order valence-corrected chi connectivity index (χ1v) is 10.7. The van der Waals surface area contributed by atoms with Gasteiger partial charge in [0, 0.05) is 16.1 Å². The van der Waals surface area contributed by atoms with Crippen LogP contribution >= 0.6 is 67.8 Å². The molecule has 0 radical (unpaired) electrons. The minimum absolute atomic E-state index is 0.293. The minimum atomic E-state index is -0.293. The summed E-state index contributed by atoms with van der Waals surface area (Å²) in [6, 6.07) is 14.3. The van der Waals surface area contributed by atoms with Crippen molar-refractivity contribution in [1.82, 2.24) is 0 Å². The third kappa shape index (κ3) is 2.96. The van der Waals surface area contributed by atoms with Crippen LogP contribution in [0.5, 0.6) is 5.75 Å². The second-order valence-corrected chi connectivity index (χ2v) is 9.27. The van der Waals surface area contributed by atoms with E-state index >= 15 is 0 Å². The number of halogens is 3. The van der Waals surface area contributed by atoms with Gasteiger partial charge in [-0.25, -0.2) is 4.79 Å². The molecule has 0 saturated heterocycles. The van der Waals surface area contributed by atoms with Crippen molar-refractivity contribution < 1.29 is 9.53 Å². The summed E-state index contributed by atoms with van der Waals surface area (Å²) in [6.45, 7) is 0. The van der Waals surface area contributed by atoms with Gasteiger partial charge < -0.3 is 4.74 Å². The highest BCUT2D eigenvalue weighted by Crippen LogP contribution is 2.36. The van der Waals surface area contributed by atoms with Gasteiger partial charge in [0.15, 0.2) is 0 Å². The van der Waals surface area contributed by atoms with E-state index in [-0.39, 0.29) is 5.97 Å². The van der Waals surface area contributed by atoms with Gasteiger partial charge in [-0.05, 0) is 115 Å². The Kier molecular flexibility index (Phi) is 4.76. The Labute approximate surface area is 180 Å². The molecule has 0 saturated carbocycles. The van der Waals surface area contributed by atoms with E-state index in [1.807, 2.05) is 30.3 Å². The maximum absolute atomic E-state index is 12.8. The highest BCUT2D eigenvalue weighted by Gasteiger charge is 2.21. The summed E-state index contributed by atoms with van der Waals surface area (Å²) >= 11 is 6.65. The Hall–Kier alpha value is -0.420. The predicted octanol–water partition coefficient (Wildman–Crippen LogP) is 5.97. The summed E-state index contributed by atoms with van der Waals surface area (Å²) < 4.78 is 8.75. The SMILES string of the molecule is O=C(Oc1ccc2c3c(cccc13)CC2)c1c(I)cc(I)cc1I. The van der Waals surface area contributed by atoms with Crippen molar-refractivity contribution >= 4 is 84.5 Å². The van der Waals surface area contributed by atoms with Crippen molar-refractivity contribution in [2.24, 2.45) is 0 Å². The summed E-state index contributed by atoms with van der Waals surface area (Å²) in [5.74, 6) is 0.353. The molecule has 24 heavy (non-hydrogen) atoms. The van der Waals surface area contributed by atoms with Crippen LogP contribution in [0.1, 0.15) is 21.5 Å². The number of ether oxygens (including phenoxy) is 1. The van der Waals surface area contributed by atoms with Gasteiger partial charge >= 0.3 is 5.97 Å². The number of carbonyl (C=O) groups is 1. The van der Waals surface area contributed by atoms with Crippen LogP contribution in [-0.4, -0.2) is 5.97 Å². The molecule has 5 heteroatoms. The van der Waals surface area contributed by atoms with Crippen LogP contribution in [0.4, 0.5) is 0 Å². The summed E-state index contributed by atoms with van der Waals surface area (Å²) in [5, 5.41) is 2.29. The molecule has 0 unspecified atom stereocenters. The van der Waals surface area contributed by atoms with Crippen molar-refractivity contribution in [1.29, 1.82) is 0 Å². The van der Waals surface area contributed by atoms with Gasteiger partial charge in [-0.1, -0.05) is 24.3 Å². The van der Waals surface area contributed by atoms with Crippen LogP contribution in [0.2, 0.25) is 0 Å². The molecule has 0 fully saturated rings. The molecule has 3 aromatic carbocycles. The topological polar surface area (TPSA) is 26.3 Å². The lowest BCUT2D eigenvalue weighted by molar-refractivity contribution is 0.0735. The molecular formula is C19H11I3O2. The molecule has 0 N–H and O–H groups in total. The number of carbonyl (C=O) groups excluding carboxylic acids is 1. The molecule has 0 bridgehead atoms. The van der Waals surface area contributed by atoms with E-state index < -0.39 is 0 Å². The summed E-state index contributed by atoms with van der Waals surface area (Å²) in [7, 11) is 0. The average Bonchev–Trinajstić information content (AvgIpc) is 2.94. The normalized spacial score (nSPS) is 12.6. The summed E-state index contributed by atoms with van der Waals surface area (Å²) in [5.41, 5.74) is 3.33. The van der Waals surface area contributed by atoms with Crippen molar-refractivity contribution in [3.05, 3.63) is 69.9 Å². The third-order valence-electron chi connectivity index (χ3n) is 4.25.